The van der Waals surface area contributed by atoms with E-state index in [1.165, 1.54) is 17.9 Å². The molecule has 35 heavy (non-hydrogen) atoms. The molecule has 2 amide bonds. The number of amides is 2. The standard InChI is InChI=1S/C24H25F2N5O4/c1-34-19-5-3-2-4-15(19)24(33)29-12-16-17(25)10-13(11-18(16)26)21-20(23(28)32)22(27)31(30-21)14-6-8-35-9-7-14/h2-5,10-11,14H,6-9,12,27H2,1H3,(H2,28,32)(H,29,33). The van der Waals surface area contributed by atoms with Crippen LogP contribution in [0.25, 0.3) is 11.3 Å². The van der Waals surface area contributed by atoms with Crippen molar-refractivity contribution in [2.75, 3.05) is 26.1 Å². The molecule has 1 aliphatic rings. The van der Waals surface area contributed by atoms with Gasteiger partial charge in [0, 0.05) is 30.9 Å². The lowest BCUT2D eigenvalue weighted by Gasteiger charge is -2.23. The van der Waals surface area contributed by atoms with Gasteiger partial charge in [-0.15, -0.1) is 0 Å². The van der Waals surface area contributed by atoms with Crippen molar-refractivity contribution in [2.45, 2.75) is 25.4 Å². The number of methoxy groups -OCH3 is 1. The van der Waals surface area contributed by atoms with Gasteiger partial charge in [-0.2, -0.15) is 5.10 Å². The Morgan fingerprint density at radius 2 is 1.86 bits per heavy atom. The van der Waals surface area contributed by atoms with Crippen LogP contribution in [-0.2, 0) is 11.3 Å². The van der Waals surface area contributed by atoms with E-state index < -0.39 is 30.0 Å². The van der Waals surface area contributed by atoms with Crippen LogP contribution in [0.4, 0.5) is 14.6 Å². The van der Waals surface area contributed by atoms with Crippen LogP contribution >= 0.6 is 0 Å². The number of benzene rings is 2. The Bertz CT molecular complexity index is 1250. The molecule has 0 aliphatic carbocycles. The van der Waals surface area contributed by atoms with Crippen molar-refractivity contribution in [3.8, 4) is 17.0 Å². The van der Waals surface area contributed by atoms with Gasteiger partial charge in [-0.1, -0.05) is 12.1 Å². The average molecular weight is 485 g/mol. The van der Waals surface area contributed by atoms with E-state index in [9.17, 15) is 18.4 Å². The molecule has 4 rings (SSSR count). The molecule has 1 aliphatic heterocycles. The first-order chi connectivity index (χ1) is 16.8. The molecule has 0 unspecified atom stereocenters. The first-order valence-electron chi connectivity index (χ1n) is 11.0. The monoisotopic (exact) mass is 485 g/mol. The molecule has 1 aromatic heterocycles. The largest absolute Gasteiger partial charge is 0.496 e. The van der Waals surface area contributed by atoms with E-state index in [1.54, 1.807) is 18.2 Å². The van der Waals surface area contributed by atoms with Crippen LogP contribution in [0.5, 0.6) is 5.75 Å². The Balaban J connectivity index is 1.62. The van der Waals surface area contributed by atoms with Crippen LogP contribution in [0.2, 0.25) is 0 Å². The number of ether oxygens (including phenoxy) is 2. The summed E-state index contributed by atoms with van der Waals surface area (Å²) in [7, 11) is 1.42. The average Bonchev–Trinajstić information content (AvgIpc) is 3.21. The van der Waals surface area contributed by atoms with E-state index >= 15 is 0 Å². The molecule has 0 atom stereocenters. The van der Waals surface area contributed by atoms with Gasteiger partial charge in [0.05, 0.1) is 18.7 Å². The highest BCUT2D eigenvalue weighted by Gasteiger charge is 2.27. The van der Waals surface area contributed by atoms with Crippen LogP contribution in [0.3, 0.4) is 0 Å². The zero-order valence-corrected chi connectivity index (χ0v) is 19.0. The maximum atomic E-state index is 15.0. The minimum absolute atomic E-state index is 0.00566. The summed E-state index contributed by atoms with van der Waals surface area (Å²) in [5.74, 6) is -2.88. The molecular formula is C24H25F2N5O4. The number of aromatic nitrogens is 2. The number of hydrogen-bond donors (Lipinski definition) is 3. The third kappa shape index (κ3) is 4.80. The van der Waals surface area contributed by atoms with Gasteiger partial charge in [0.15, 0.2) is 0 Å². The number of anilines is 1. The van der Waals surface area contributed by atoms with Gasteiger partial charge in [-0.05, 0) is 37.1 Å². The molecule has 1 fully saturated rings. The van der Waals surface area contributed by atoms with Crippen molar-refractivity contribution in [3.63, 3.8) is 0 Å². The fraction of sp³-hybridized carbons (Fsp3) is 0.292. The third-order valence-corrected chi connectivity index (χ3v) is 5.92. The number of carbonyl (C=O) groups is 2. The Kier molecular flexibility index (Phi) is 6.97. The number of halogens is 2. The molecule has 11 heteroatoms. The molecule has 2 heterocycles. The van der Waals surface area contributed by atoms with E-state index in [0.29, 0.717) is 31.8 Å². The second kappa shape index (κ2) is 10.1. The number of nitrogen functional groups attached to an aromatic ring is 1. The van der Waals surface area contributed by atoms with Crippen molar-refractivity contribution < 1.29 is 27.8 Å². The number of nitrogens with two attached hydrogens (primary N) is 2. The number of para-hydroxylation sites is 1. The van der Waals surface area contributed by atoms with Gasteiger partial charge >= 0.3 is 0 Å². The first kappa shape index (κ1) is 24.1. The van der Waals surface area contributed by atoms with E-state index in [4.69, 9.17) is 20.9 Å². The number of nitrogens with one attached hydrogen (secondary N) is 1. The molecule has 5 N–H and O–H groups in total. The highest BCUT2D eigenvalue weighted by atomic mass is 19.1. The van der Waals surface area contributed by atoms with Gasteiger partial charge in [-0.3, -0.25) is 9.59 Å². The lowest BCUT2D eigenvalue weighted by molar-refractivity contribution is 0.0669. The van der Waals surface area contributed by atoms with Crippen LogP contribution < -0.4 is 21.5 Å². The number of primary amides is 1. The van der Waals surface area contributed by atoms with E-state index in [2.05, 4.69) is 10.4 Å². The summed E-state index contributed by atoms with van der Waals surface area (Å²) in [6, 6.07) is 8.43. The normalized spacial score (nSPS) is 14.0. The molecule has 3 aromatic rings. The third-order valence-electron chi connectivity index (χ3n) is 5.92. The smallest absolute Gasteiger partial charge is 0.255 e. The van der Waals surface area contributed by atoms with Gasteiger partial charge in [0.1, 0.15) is 34.5 Å². The molecule has 0 saturated carbocycles. The maximum Gasteiger partial charge on any atom is 0.255 e. The molecule has 1 saturated heterocycles. The molecule has 0 radical (unpaired) electrons. The molecule has 9 nitrogen and oxygen atoms in total. The van der Waals surface area contributed by atoms with E-state index in [0.717, 1.165) is 12.1 Å². The summed E-state index contributed by atoms with van der Waals surface area (Å²) in [6.45, 7) is 0.601. The lowest BCUT2D eigenvalue weighted by Crippen LogP contribution is -2.24. The molecular weight excluding hydrogens is 460 g/mol. The lowest BCUT2D eigenvalue weighted by atomic mass is 10.0. The number of nitrogens with zero attached hydrogens (tertiary/aromatic N) is 2. The van der Waals surface area contributed by atoms with Crippen molar-refractivity contribution in [3.05, 3.63) is 64.7 Å². The van der Waals surface area contributed by atoms with E-state index in [1.807, 2.05) is 0 Å². The predicted molar refractivity (Wildman–Crippen MR) is 124 cm³/mol. The maximum absolute atomic E-state index is 15.0. The van der Waals surface area contributed by atoms with Crippen LogP contribution in [0.15, 0.2) is 36.4 Å². The Morgan fingerprint density at radius 1 is 1.20 bits per heavy atom. The van der Waals surface area contributed by atoms with Crippen molar-refractivity contribution in [2.24, 2.45) is 5.73 Å². The molecule has 2 aromatic carbocycles. The van der Waals surface area contributed by atoms with Crippen molar-refractivity contribution >= 4 is 17.6 Å². The highest BCUT2D eigenvalue weighted by molar-refractivity contribution is 6.03. The van der Waals surface area contributed by atoms with Crippen LogP contribution in [-0.4, -0.2) is 41.9 Å². The summed E-state index contributed by atoms with van der Waals surface area (Å²) in [4.78, 5) is 24.6. The van der Waals surface area contributed by atoms with Crippen molar-refractivity contribution in [1.82, 2.24) is 15.1 Å². The Hall–Kier alpha value is -3.99. The molecule has 0 spiro atoms. The quantitative estimate of drug-likeness (QED) is 0.471. The van der Waals surface area contributed by atoms with Gasteiger partial charge < -0.3 is 26.3 Å². The summed E-state index contributed by atoms with van der Waals surface area (Å²) in [5.41, 5.74) is 11.4. The fourth-order valence-corrected chi connectivity index (χ4v) is 4.11. The topological polar surface area (TPSA) is 134 Å². The molecule has 184 valence electrons. The van der Waals surface area contributed by atoms with Crippen LogP contribution in [0.1, 0.15) is 45.2 Å². The highest BCUT2D eigenvalue weighted by Crippen LogP contribution is 2.33. The number of carbonyl (C=O) groups excluding carboxylic acids is 2. The zero-order chi connectivity index (χ0) is 25.1. The second-order valence-corrected chi connectivity index (χ2v) is 8.06. The second-order valence-electron chi connectivity index (χ2n) is 8.06. The van der Waals surface area contributed by atoms with Gasteiger partial charge in [-0.25, -0.2) is 13.5 Å². The zero-order valence-electron chi connectivity index (χ0n) is 19.0. The number of hydrogen-bond acceptors (Lipinski definition) is 6. The van der Waals surface area contributed by atoms with Crippen molar-refractivity contribution in [1.29, 1.82) is 0 Å². The SMILES string of the molecule is COc1ccccc1C(=O)NCc1c(F)cc(-c2nn(C3CCOCC3)c(N)c2C(N)=O)cc1F. The van der Waals surface area contributed by atoms with E-state index in [-0.39, 0.29) is 39.8 Å². The van der Waals surface area contributed by atoms with Gasteiger partial charge in [0.2, 0.25) is 0 Å². The predicted octanol–water partition coefficient (Wildman–Crippen LogP) is 2.80. The molecule has 0 bridgehead atoms. The summed E-state index contributed by atoms with van der Waals surface area (Å²) in [5, 5.41) is 6.88. The summed E-state index contributed by atoms with van der Waals surface area (Å²) >= 11 is 0. The first-order valence-corrected chi connectivity index (χ1v) is 11.0. The fourth-order valence-electron chi connectivity index (χ4n) is 4.11. The minimum Gasteiger partial charge on any atom is -0.496 e. The van der Waals surface area contributed by atoms with Crippen LogP contribution in [0, 0.1) is 11.6 Å². The summed E-state index contributed by atoms with van der Waals surface area (Å²) in [6.07, 6.45) is 1.24. The minimum atomic E-state index is -0.921. The Labute approximate surface area is 200 Å². The summed E-state index contributed by atoms with van der Waals surface area (Å²) < 4.78 is 41.9. The van der Waals surface area contributed by atoms with Gasteiger partial charge in [0.25, 0.3) is 11.8 Å². The Morgan fingerprint density at radius 3 is 2.49 bits per heavy atom. The number of rotatable bonds is 7.